The lowest BCUT2D eigenvalue weighted by atomic mass is 9.69. The molecule has 0 radical (unpaired) electrons. The first kappa shape index (κ1) is 27.4. The third-order valence-electron chi connectivity index (χ3n) is 8.15. The highest BCUT2D eigenvalue weighted by Gasteiger charge is 2.49. The number of nitrogens with one attached hydrogen (secondary N) is 1. The van der Waals surface area contributed by atoms with Crippen LogP contribution in [-0.4, -0.2) is 55.2 Å². The van der Waals surface area contributed by atoms with Crippen molar-refractivity contribution in [3.05, 3.63) is 84.9 Å². The molecular formula is C31H37N3O4S. The Morgan fingerprint density at radius 1 is 0.821 bits per heavy atom. The monoisotopic (exact) mass is 547 g/mol. The summed E-state index contributed by atoms with van der Waals surface area (Å²) in [6, 6.07) is 25.7. The van der Waals surface area contributed by atoms with Gasteiger partial charge in [0.05, 0.1) is 11.4 Å². The van der Waals surface area contributed by atoms with E-state index in [2.05, 4.69) is 10.2 Å². The van der Waals surface area contributed by atoms with Crippen LogP contribution in [0.1, 0.15) is 39.5 Å². The summed E-state index contributed by atoms with van der Waals surface area (Å²) in [5.41, 5.74) is 0.238. The van der Waals surface area contributed by atoms with E-state index in [0.717, 1.165) is 50.2 Å². The molecule has 2 aliphatic heterocycles. The van der Waals surface area contributed by atoms with Gasteiger partial charge in [-0.1, -0.05) is 36.4 Å². The standard InChI is InChI=1S/C31H37N3O4S/c1-30(2)17-18-31(24-34(30)39(36,37)28-11-7-4-8-12-28)19-21-33(22-20-31)23-29(35)32-25-13-15-27(16-14-25)38-26-9-5-3-6-10-26/h3-16H,17-24H2,1-2H3,(H,32,35). The molecule has 2 heterocycles. The summed E-state index contributed by atoms with van der Waals surface area (Å²) in [4.78, 5) is 15.3. The molecule has 5 rings (SSSR count). The van der Waals surface area contributed by atoms with Crippen molar-refractivity contribution >= 4 is 21.6 Å². The number of amides is 1. The second-order valence-electron chi connectivity index (χ2n) is 11.4. The molecule has 2 saturated heterocycles. The molecule has 0 saturated carbocycles. The molecule has 3 aromatic rings. The summed E-state index contributed by atoms with van der Waals surface area (Å²) in [5, 5.41) is 2.98. The number of hydrogen-bond donors (Lipinski definition) is 1. The number of anilines is 1. The molecule has 1 N–H and O–H groups in total. The van der Waals surface area contributed by atoms with Crippen LogP contribution in [0.5, 0.6) is 11.5 Å². The van der Waals surface area contributed by atoms with E-state index >= 15 is 0 Å². The summed E-state index contributed by atoms with van der Waals surface area (Å²) >= 11 is 0. The van der Waals surface area contributed by atoms with E-state index < -0.39 is 15.6 Å². The highest BCUT2D eigenvalue weighted by atomic mass is 32.2. The number of rotatable bonds is 7. The Morgan fingerprint density at radius 2 is 1.41 bits per heavy atom. The minimum atomic E-state index is -3.59. The van der Waals surface area contributed by atoms with Crippen LogP contribution in [0, 0.1) is 5.41 Å². The maximum atomic E-state index is 13.6. The van der Waals surface area contributed by atoms with Crippen molar-refractivity contribution in [3.63, 3.8) is 0 Å². The lowest BCUT2D eigenvalue weighted by Crippen LogP contribution is -2.59. The number of carbonyl (C=O) groups is 1. The number of para-hydroxylation sites is 1. The topological polar surface area (TPSA) is 79.0 Å². The zero-order chi connectivity index (χ0) is 27.5. The minimum Gasteiger partial charge on any atom is -0.457 e. The van der Waals surface area contributed by atoms with Crippen molar-refractivity contribution in [2.45, 2.75) is 50.0 Å². The average molecular weight is 548 g/mol. The SMILES string of the molecule is CC1(C)CCC2(CCN(CC(=O)Nc3ccc(Oc4ccccc4)cc3)CC2)CN1S(=O)(=O)c1ccccc1. The van der Waals surface area contributed by atoms with E-state index in [1.165, 1.54) is 0 Å². The zero-order valence-electron chi connectivity index (χ0n) is 22.7. The Labute approximate surface area is 231 Å². The predicted octanol–water partition coefficient (Wildman–Crippen LogP) is 5.76. The third-order valence-corrected chi connectivity index (χ3v) is 10.2. The van der Waals surface area contributed by atoms with E-state index in [1.807, 2.05) is 74.5 Å². The average Bonchev–Trinajstić information content (AvgIpc) is 2.94. The molecule has 1 amide bonds. The smallest absolute Gasteiger partial charge is 0.243 e. The minimum absolute atomic E-state index is 0.0549. The number of benzene rings is 3. The van der Waals surface area contributed by atoms with Crippen molar-refractivity contribution < 1.29 is 17.9 Å². The highest BCUT2D eigenvalue weighted by molar-refractivity contribution is 7.89. The van der Waals surface area contributed by atoms with Crippen LogP contribution in [0.15, 0.2) is 89.8 Å². The second kappa shape index (κ2) is 11.1. The Bertz CT molecular complexity index is 1370. The van der Waals surface area contributed by atoms with Crippen LogP contribution in [0.2, 0.25) is 0 Å². The third kappa shape index (κ3) is 6.35. The fraction of sp³-hybridized carbons (Fsp3) is 0.387. The first-order chi connectivity index (χ1) is 18.7. The molecule has 0 aliphatic carbocycles. The number of likely N-dealkylation sites (tertiary alicyclic amines) is 1. The molecule has 8 heteroatoms. The van der Waals surface area contributed by atoms with Gasteiger partial charge in [-0.2, -0.15) is 4.31 Å². The highest BCUT2D eigenvalue weighted by Crippen LogP contribution is 2.46. The molecule has 0 atom stereocenters. The quantitative estimate of drug-likeness (QED) is 0.407. The zero-order valence-corrected chi connectivity index (χ0v) is 23.5. The van der Waals surface area contributed by atoms with Crippen LogP contribution in [0.3, 0.4) is 0 Å². The Balaban J connectivity index is 1.15. The van der Waals surface area contributed by atoms with E-state index in [4.69, 9.17) is 4.74 Å². The van der Waals surface area contributed by atoms with Crippen molar-refractivity contribution in [1.29, 1.82) is 0 Å². The number of piperidine rings is 2. The maximum absolute atomic E-state index is 13.6. The molecule has 7 nitrogen and oxygen atoms in total. The molecule has 206 valence electrons. The van der Waals surface area contributed by atoms with Crippen molar-refractivity contribution in [3.8, 4) is 11.5 Å². The van der Waals surface area contributed by atoms with Crippen molar-refractivity contribution in [2.75, 3.05) is 31.5 Å². The van der Waals surface area contributed by atoms with Crippen molar-refractivity contribution in [2.24, 2.45) is 5.41 Å². The maximum Gasteiger partial charge on any atom is 0.243 e. The Kier molecular flexibility index (Phi) is 7.80. The molecule has 0 bridgehead atoms. The first-order valence-corrected chi connectivity index (χ1v) is 15.0. The molecule has 0 unspecified atom stereocenters. The van der Waals surface area contributed by atoms with Gasteiger partial charge in [-0.15, -0.1) is 0 Å². The first-order valence-electron chi connectivity index (χ1n) is 13.6. The van der Waals surface area contributed by atoms with Gasteiger partial charge in [-0.05, 0) is 107 Å². The lowest BCUT2D eigenvalue weighted by molar-refractivity contribution is -0.118. The van der Waals surface area contributed by atoms with Gasteiger partial charge in [0.25, 0.3) is 0 Å². The van der Waals surface area contributed by atoms with E-state index in [9.17, 15) is 13.2 Å². The van der Waals surface area contributed by atoms with E-state index in [-0.39, 0.29) is 11.3 Å². The molecule has 0 aromatic heterocycles. The molecule has 3 aromatic carbocycles. The van der Waals surface area contributed by atoms with Gasteiger partial charge in [0.2, 0.25) is 15.9 Å². The number of sulfonamides is 1. The molecular weight excluding hydrogens is 510 g/mol. The van der Waals surface area contributed by atoms with Crippen LogP contribution in [-0.2, 0) is 14.8 Å². The number of hydrogen-bond acceptors (Lipinski definition) is 5. The Morgan fingerprint density at radius 3 is 2.05 bits per heavy atom. The number of ether oxygens (including phenoxy) is 1. The summed E-state index contributed by atoms with van der Waals surface area (Å²) in [6.07, 6.45) is 3.58. The molecule has 2 aliphatic rings. The van der Waals surface area contributed by atoms with E-state index in [1.54, 1.807) is 28.6 Å². The number of carbonyl (C=O) groups excluding carboxylic acids is 1. The van der Waals surface area contributed by atoms with Gasteiger partial charge in [0.1, 0.15) is 11.5 Å². The summed E-state index contributed by atoms with van der Waals surface area (Å²) < 4.78 is 34.7. The van der Waals surface area contributed by atoms with Gasteiger partial charge in [0.15, 0.2) is 0 Å². The number of nitrogens with zero attached hydrogens (tertiary/aromatic N) is 2. The van der Waals surface area contributed by atoms with Gasteiger partial charge < -0.3 is 10.1 Å². The van der Waals surface area contributed by atoms with Crippen LogP contribution < -0.4 is 10.1 Å². The summed E-state index contributed by atoms with van der Waals surface area (Å²) in [6.45, 7) is 6.44. The molecule has 39 heavy (non-hydrogen) atoms. The van der Waals surface area contributed by atoms with Gasteiger partial charge >= 0.3 is 0 Å². The van der Waals surface area contributed by atoms with Gasteiger partial charge in [-0.25, -0.2) is 8.42 Å². The van der Waals surface area contributed by atoms with E-state index in [0.29, 0.717) is 23.7 Å². The van der Waals surface area contributed by atoms with Crippen LogP contribution in [0.4, 0.5) is 5.69 Å². The Hall–Kier alpha value is -3.20. The molecule has 2 fully saturated rings. The van der Waals surface area contributed by atoms with Gasteiger partial charge in [-0.3, -0.25) is 9.69 Å². The fourth-order valence-electron chi connectivity index (χ4n) is 5.65. The lowest BCUT2D eigenvalue weighted by Gasteiger charge is -2.53. The van der Waals surface area contributed by atoms with Crippen molar-refractivity contribution in [1.82, 2.24) is 9.21 Å². The van der Waals surface area contributed by atoms with Gasteiger partial charge in [0, 0.05) is 17.8 Å². The van der Waals surface area contributed by atoms with Crippen LogP contribution in [0.25, 0.3) is 0 Å². The summed E-state index contributed by atoms with van der Waals surface area (Å²) in [5.74, 6) is 1.42. The van der Waals surface area contributed by atoms with Crippen LogP contribution >= 0.6 is 0 Å². The fourth-order valence-corrected chi connectivity index (χ4v) is 7.59. The predicted molar refractivity (Wildman–Crippen MR) is 153 cm³/mol. The molecule has 1 spiro atoms. The normalized spacial score (nSPS) is 19.4. The summed E-state index contributed by atoms with van der Waals surface area (Å²) in [7, 11) is -3.59. The second-order valence-corrected chi connectivity index (χ2v) is 13.3. The largest absolute Gasteiger partial charge is 0.457 e.